The van der Waals surface area contributed by atoms with Gasteiger partial charge in [0.25, 0.3) is 5.91 Å². The molecule has 3 rings (SSSR count). The molecule has 0 atom stereocenters. The molecule has 0 unspecified atom stereocenters. The normalized spacial score (nSPS) is 20.4. The monoisotopic (exact) mass is 301 g/mol. The smallest absolute Gasteiger partial charge is 0.325 e. The first-order valence-corrected chi connectivity index (χ1v) is 7.45. The highest BCUT2D eigenvalue weighted by atomic mass is 16.2. The van der Waals surface area contributed by atoms with Gasteiger partial charge in [-0.1, -0.05) is 30.3 Å². The summed E-state index contributed by atoms with van der Waals surface area (Å²) in [4.78, 5) is 39.3. The van der Waals surface area contributed by atoms with Gasteiger partial charge in [-0.2, -0.15) is 0 Å². The highest BCUT2D eigenvalue weighted by Gasteiger charge is 2.52. The fraction of sp³-hybridized carbons (Fsp3) is 0.438. The molecule has 2 aliphatic heterocycles. The maximum Gasteiger partial charge on any atom is 0.325 e. The Bertz CT molecular complexity index is 606. The fourth-order valence-electron chi connectivity index (χ4n) is 3.13. The first-order valence-electron chi connectivity index (χ1n) is 7.45. The first kappa shape index (κ1) is 14.6. The van der Waals surface area contributed by atoms with Crippen LogP contribution in [-0.4, -0.2) is 46.3 Å². The van der Waals surface area contributed by atoms with Crippen molar-refractivity contribution in [3.8, 4) is 0 Å². The lowest BCUT2D eigenvalue weighted by Gasteiger charge is -2.36. The zero-order valence-electron chi connectivity index (χ0n) is 12.5. The lowest BCUT2D eigenvalue weighted by Crippen LogP contribution is -2.55. The van der Waals surface area contributed by atoms with E-state index in [1.54, 1.807) is 4.90 Å². The summed E-state index contributed by atoms with van der Waals surface area (Å²) >= 11 is 0. The number of nitrogens with one attached hydrogen (secondary N) is 1. The van der Waals surface area contributed by atoms with Gasteiger partial charge in [-0.05, 0) is 18.4 Å². The van der Waals surface area contributed by atoms with Crippen LogP contribution >= 0.6 is 0 Å². The van der Waals surface area contributed by atoms with Crippen molar-refractivity contribution >= 4 is 17.8 Å². The van der Waals surface area contributed by atoms with E-state index in [1.807, 2.05) is 30.3 Å². The lowest BCUT2D eigenvalue weighted by molar-refractivity contribution is -0.137. The quantitative estimate of drug-likeness (QED) is 0.832. The van der Waals surface area contributed by atoms with Crippen LogP contribution in [0.25, 0.3) is 0 Å². The van der Waals surface area contributed by atoms with Crippen LogP contribution in [0, 0.1) is 0 Å². The van der Waals surface area contributed by atoms with Gasteiger partial charge in [-0.3, -0.25) is 14.5 Å². The Balaban J connectivity index is 1.73. The zero-order valence-corrected chi connectivity index (χ0v) is 12.5. The molecule has 116 valence electrons. The number of amides is 4. The molecule has 6 nitrogen and oxygen atoms in total. The number of hydrogen-bond donors (Lipinski definition) is 1. The molecule has 0 saturated carbocycles. The number of nitrogens with zero attached hydrogens (tertiary/aromatic N) is 2. The van der Waals surface area contributed by atoms with E-state index < -0.39 is 5.54 Å². The van der Waals surface area contributed by atoms with Gasteiger partial charge < -0.3 is 10.2 Å². The molecular formula is C16H19N3O3. The van der Waals surface area contributed by atoms with Crippen LogP contribution in [0.2, 0.25) is 0 Å². The van der Waals surface area contributed by atoms with E-state index in [4.69, 9.17) is 0 Å². The summed E-state index contributed by atoms with van der Waals surface area (Å²) in [5, 5.41) is 2.85. The molecule has 1 aromatic carbocycles. The Morgan fingerprint density at radius 1 is 1.18 bits per heavy atom. The predicted molar refractivity (Wildman–Crippen MR) is 79.7 cm³/mol. The molecule has 0 radical (unpaired) electrons. The average molecular weight is 301 g/mol. The molecule has 0 aromatic heterocycles. The Labute approximate surface area is 129 Å². The Hall–Kier alpha value is -2.37. The summed E-state index contributed by atoms with van der Waals surface area (Å²) in [5.74, 6) is -0.169. The van der Waals surface area contributed by atoms with Crippen LogP contribution in [0.5, 0.6) is 0 Å². The highest BCUT2D eigenvalue weighted by Crippen LogP contribution is 2.30. The molecular weight excluding hydrogens is 282 g/mol. The Kier molecular flexibility index (Phi) is 3.60. The molecule has 4 amide bonds. The first-order chi connectivity index (χ1) is 10.5. The second-order valence-corrected chi connectivity index (χ2v) is 5.90. The van der Waals surface area contributed by atoms with Crippen molar-refractivity contribution in [1.82, 2.24) is 15.1 Å². The molecule has 1 N–H and O–H groups in total. The van der Waals surface area contributed by atoms with Crippen molar-refractivity contribution in [2.24, 2.45) is 0 Å². The third-order valence-electron chi connectivity index (χ3n) is 4.49. The number of likely N-dealkylation sites (tertiary alicyclic amines) is 1. The van der Waals surface area contributed by atoms with Gasteiger partial charge >= 0.3 is 6.03 Å². The molecule has 1 aromatic rings. The minimum atomic E-state index is -0.836. The molecule has 2 fully saturated rings. The van der Waals surface area contributed by atoms with Crippen LogP contribution in [0.3, 0.4) is 0 Å². The van der Waals surface area contributed by atoms with Crippen molar-refractivity contribution in [2.75, 3.05) is 13.1 Å². The van der Waals surface area contributed by atoms with Gasteiger partial charge in [0.2, 0.25) is 5.91 Å². The van der Waals surface area contributed by atoms with E-state index in [0.717, 1.165) is 5.56 Å². The molecule has 0 aliphatic carbocycles. The van der Waals surface area contributed by atoms with Crippen molar-refractivity contribution < 1.29 is 14.4 Å². The van der Waals surface area contributed by atoms with E-state index in [-0.39, 0.29) is 24.4 Å². The van der Waals surface area contributed by atoms with Crippen molar-refractivity contribution in [1.29, 1.82) is 0 Å². The average Bonchev–Trinajstić information content (AvgIpc) is 2.73. The van der Waals surface area contributed by atoms with Crippen LogP contribution in [0.4, 0.5) is 4.79 Å². The molecule has 22 heavy (non-hydrogen) atoms. The topological polar surface area (TPSA) is 69.7 Å². The summed E-state index contributed by atoms with van der Waals surface area (Å²) in [6.45, 7) is 2.81. The van der Waals surface area contributed by atoms with Crippen molar-refractivity contribution in [2.45, 2.75) is 31.8 Å². The van der Waals surface area contributed by atoms with Gasteiger partial charge in [0.1, 0.15) is 5.54 Å². The second-order valence-electron chi connectivity index (χ2n) is 5.90. The van der Waals surface area contributed by atoms with Crippen molar-refractivity contribution in [3.63, 3.8) is 0 Å². The number of hydrogen-bond acceptors (Lipinski definition) is 3. The third-order valence-corrected chi connectivity index (χ3v) is 4.49. The van der Waals surface area contributed by atoms with E-state index in [0.29, 0.717) is 25.9 Å². The maximum absolute atomic E-state index is 12.7. The molecule has 0 bridgehead atoms. The standard InChI is InChI=1S/C16H19N3O3/c1-12(20)18-9-7-16(8-10-18)14(21)19(15(22)17-16)11-13-5-3-2-4-6-13/h2-6H,7-11H2,1H3,(H,17,22). The number of urea groups is 1. The Morgan fingerprint density at radius 2 is 1.82 bits per heavy atom. The summed E-state index contributed by atoms with van der Waals surface area (Å²) < 4.78 is 0. The van der Waals surface area contributed by atoms with E-state index in [1.165, 1.54) is 11.8 Å². The number of carbonyl (C=O) groups is 3. The molecule has 2 heterocycles. The number of imide groups is 1. The van der Waals surface area contributed by atoms with E-state index in [2.05, 4.69) is 5.32 Å². The molecule has 6 heteroatoms. The van der Waals surface area contributed by atoms with Gasteiger partial charge in [0.05, 0.1) is 6.54 Å². The number of rotatable bonds is 2. The molecule has 1 spiro atoms. The summed E-state index contributed by atoms with van der Waals surface area (Å²) in [6.07, 6.45) is 0.949. The van der Waals surface area contributed by atoms with Gasteiger partial charge in [0, 0.05) is 20.0 Å². The highest BCUT2D eigenvalue weighted by molar-refractivity contribution is 6.07. The van der Waals surface area contributed by atoms with E-state index >= 15 is 0 Å². The minimum absolute atomic E-state index is 0.00719. The van der Waals surface area contributed by atoms with Crippen LogP contribution < -0.4 is 5.32 Å². The summed E-state index contributed by atoms with van der Waals surface area (Å²) in [7, 11) is 0. The van der Waals surface area contributed by atoms with Gasteiger partial charge in [0.15, 0.2) is 0 Å². The summed E-state index contributed by atoms with van der Waals surface area (Å²) in [5.41, 5.74) is 0.0851. The Morgan fingerprint density at radius 3 is 2.41 bits per heavy atom. The van der Waals surface area contributed by atoms with Crippen molar-refractivity contribution in [3.05, 3.63) is 35.9 Å². The second kappa shape index (κ2) is 5.44. The fourth-order valence-corrected chi connectivity index (χ4v) is 3.13. The SMILES string of the molecule is CC(=O)N1CCC2(CC1)NC(=O)N(Cc1ccccc1)C2=O. The number of benzene rings is 1. The number of piperidine rings is 1. The molecule has 2 saturated heterocycles. The predicted octanol–water partition coefficient (Wildman–Crippen LogP) is 1.12. The number of carbonyl (C=O) groups excluding carboxylic acids is 3. The minimum Gasteiger partial charge on any atom is -0.343 e. The lowest BCUT2D eigenvalue weighted by atomic mass is 9.87. The van der Waals surface area contributed by atoms with Crippen LogP contribution in [0.15, 0.2) is 30.3 Å². The third kappa shape index (κ3) is 2.45. The maximum atomic E-state index is 12.7. The van der Waals surface area contributed by atoms with Crippen LogP contribution in [0.1, 0.15) is 25.3 Å². The zero-order chi connectivity index (χ0) is 15.7. The van der Waals surface area contributed by atoms with Gasteiger partial charge in [-0.15, -0.1) is 0 Å². The largest absolute Gasteiger partial charge is 0.343 e. The summed E-state index contributed by atoms with van der Waals surface area (Å²) in [6, 6.07) is 9.11. The van der Waals surface area contributed by atoms with Crippen LogP contribution in [-0.2, 0) is 16.1 Å². The van der Waals surface area contributed by atoms with E-state index in [9.17, 15) is 14.4 Å². The molecule has 2 aliphatic rings. The van der Waals surface area contributed by atoms with Gasteiger partial charge in [-0.25, -0.2) is 4.79 Å².